The number of aliphatic hydroxyl groups excluding tert-OH is 1. The van der Waals surface area contributed by atoms with Crippen LogP contribution in [-0.4, -0.2) is 39.0 Å². The second-order valence-corrected chi connectivity index (χ2v) is 6.26. The van der Waals surface area contributed by atoms with Crippen LogP contribution in [0.2, 0.25) is 0 Å². The third-order valence-corrected chi connectivity index (χ3v) is 4.58. The van der Waals surface area contributed by atoms with Crippen LogP contribution in [0.3, 0.4) is 0 Å². The number of aliphatic hydroxyl groups is 1. The van der Waals surface area contributed by atoms with Crippen molar-refractivity contribution >= 4 is 0 Å². The molecule has 1 atom stereocenters. The van der Waals surface area contributed by atoms with Crippen LogP contribution in [0.1, 0.15) is 19.8 Å². The molecule has 1 saturated heterocycles. The maximum absolute atomic E-state index is 12.1. The molecule has 1 aromatic heterocycles. The molecular formula is C18H23N3O2. The maximum Gasteiger partial charge on any atom is 0.268 e. The highest BCUT2D eigenvalue weighted by atomic mass is 16.3. The molecule has 1 N–H and O–H groups in total. The standard InChI is InChI=1S/C18H23N3O2/c1-14(22)15-9-11-20(12-10-15)13-21-18(23)8-7-17(19-21)16-5-3-2-4-6-16/h2-8,14-15,22H,9-13H2,1H3. The normalized spacial score (nSPS) is 18.0. The van der Waals surface area contributed by atoms with Gasteiger partial charge in [0, 0.05) is 24.7 Å². The van der Waals surface area contributed by atoms with Crippen LogP contribution in [-0.2, 0) is 6.67 Å². The molecule has 0 saturated carbocycles. The van der Waals surface area contributed by atoms with Gasteiger partial charge in [-0.25, -0.2) is 4.68 Å². The molecule has 5 heteroatoms. The van der Waals surface area contributed by atoms with E-state index >= 15 is 0 Å². The molecule has 2 heterocycles. The molecular weight excluding hydrogens is 290 g/mol. The van der Waals surface area contributed by atoms with Gasteiger partial charge in [0.15, 0.2) is 0 Å². The number of rotatable bonds is 4. The molecule has 1 aliphatic heterocycles. The lowest BCUT2D eigenvalue weighted by atomic mass is 9.92. The van der Waals surface area contributed by atoms with Crippen molar-refractivity contribution in [2.45, 2.75) is 32.5 Å². The highest BCUT2D eigenvalue weighted by Gasteiger charge is 2.23. The Morgan fingerprint density at radius 3 is 2.52 bits per heavy atom. The largest absolute Gasteiger partial charge is 0.393 e. The van der Waals surface area contributed by atoms with Crippen LogP contribution in [0, 0.1) is 5.92 Å². The van der Waals surface area contributed by atoms with Gasteiger partial charge < -0.3 is 5.11 Å². The number of piperidine rings is 1. The minimum Gasteiger partial charge on any atom is -0.393 e. The zero-order valence-corrected chi connectivity index (χ0v) is 13.4. The molecule has 0 spiro atoms. The molecule has 0 bridgehead atoms. The van der Waals surface area contributed by atoms with Gasteiger partial charge in [0.25, 0.3) is 5.56 Å². The first-order valence-electron chi connectivity index (χ1n) is 8.17. The fraction of sp³-hybridized carbons (Fsp3) is 0.444. The van der Waals surface area contributed by atoms with Crippen molar-refractivity contribution in [1.82, 2.24) is 14.7 Å². The van der Waals surface area contributed by atoms with Gasteiger partial charge in [-0.1, -0.05) is 30.3 Å². The topological polar surface area (TPSA) is 58.4 Å². The summed E-state index contributed by atoms with van der Waals surface area (Å²) in [5.41, 5.74) is 1.74. The molecule has 3 rings (SSSR count). The van der Waals surface area contributed by atoms with E-state index < -0.39 is 0 Å². The zero-order chi connectivity index (χ0) is 16.2. The van der Waals surface area contributed by atoms with Crippen LogP contribution >= 0.6 is 0 Å². The maximum atomic E-state index is 12.1. The average molecular weight is 313 g/mol. The summed E-state index contributed by atoms with van der Waals surface area (Å²) in [5.74, 6) is 0.367. The van der Waals surface area contributed by atoms with Crippen LogP contribution in [0.15, 0.2) is 47.3 Å². The zero-order valence-electron chi connectivity index (χ0n) is 13.4. The Bertz CT molecular complexity index is 689. The Balaban J connectivity index is 1.72. The molecule has 2 aromatic rings. The number of likely N-dealkylation sites (tertiary alicyclic amines) is 1. The number of nitrogens with zero attached hydrogens (tertiary/aromatic N) is 3. The van der Waals surface area contributed by atoms with Gasteiger partial charge in [0.1, 0.15) is 0 Å². The van der Waals surface area contributed by atoms with Gasteiger partial charge in [-0.2, -0.15) is 5.10 Å². The molecule has 0 aliphatic carbocycles. The summed E-state index contributed by atoms with van der Waals surface area (Å²) in [6.07, 6.45) is 1.68. The minimum atomic E-state index is -0.251. The summed E-state index contributed by atoms with van der Waals surface area (Å²) in [5, 5.41) is 14.2. The van der Waals surface area contributed by atoms with Crippen LogP contribution in [0.4, 0.5) is 0 Å². The van der Waals surface area contributed by atoms with E-state index in [1.807, 2.05) is 37.3 Å². The number of aromatic nitrogens is 2. The van der Waals surface area contributed by atoms with E-state index in [9.17, 15) is 9.90 Å². The van der Waals surface area contributed by atoms with Gasteiger partial charge in [-0.05, 0) is 31.7 Å². The summed E-state index contributed by atoms with van der Waals surface area (Å²) in [6.45, 7) is 4.14. The van der Waals surface area contributed by atoms with Gasteiger partial charge >= 0.3 is 0 Å². The third kappa shape index (κ3) is 3.86. The lowest BCUT2D eigenvalue weighted by Crippen LogP contribution is -2.40. The van der Waals surface area contributed by atoms with Crippen LogP contribution in [0.25, 0.3) is 11.3 Å². The molecule has 0 amide bonds. The quantitative estimate of drug-likeness (QED) is 0.937. The van der Waals surface area contributed by atoms with E-state index in [1.54, 1.807) is 12.1 Å². The Hall–Kier alpha value is -1.98. The van der Waals surface area contributed by atoms with E-state index in [2.05, 4.69) is 10.00 Å². The van der Waals surface area contributed by atoms with E-state index in [-0.39, 0.29) is 11.7 Å². The SMILES string of the molecule is CC(O)C1CCN(Cn2nc(-c3ccccc3)ccc2=O)CC1. The molecule has 5 nitrogen and oxygen atoms in total. The number of hydrogen-bond acceptors (Lipinski definition) is 4. The molecule has 1 aromatic carbocycles. The molecule has 1 fully saturated rings. The van der Waals surface area contributed by atoms with Gasteiger partial charge in [0.05, 0.1) is 18.5 Å². The molecule has 1 aliphatic rings. The highest BCUT2D eigenvalue weighted by molar-refractivity contribution is 5.57. The summed E-state index contributed by atoms with van der Waals surface area (Å²) < 4.78 is 1.53. The van der Waals surface area contributed by atoms with Crippen molar-refractivity contribution in [3.63, 3.8) is 0 Å². The molecule has 23 heavy (non-hydrogen) atoms. The molecule has 122 valence electrons. The lowest BCUT2D eigenvalue weighted by Gasteiger charge is -2.33. The average Bonchev–Trinajstić information content (AvgIpc) is 2.58. The van der Waals surface area contributed by atoms with E-state index in [4.69, 9.17) is 0 Å². The van der Waals surface area contributed by atoms with E-state index in [0.29, 0.717) is 12.6 Å². The summed E-state index contributed by atoms with van der Waals surface area (Å²) in [6, 6.07) is 13.2. The smallest absolute Gasteiger partial charge is 0.268 e. The molecule has 0 radical (unpaired) electrons. The van der Waals surface area contributed by atoms with Crippen molar-refractivity contribution in [3.05, 3.63) is 52.8 Å². The van der Waals surface area contributed by atoms with E-state index in [1.165, 1.54) is 4.68 Å². The van der Waals surface area contributed by atoms with Crippen molar-refractivity contribution in [2.75, 3.05) is 13.1 Å². The Morgan fingerprint density at radius 1 is 1.17 bits per heavy atom. The summed E-state index contributed by atoms with van der Waals surface area (Å²) in [4.78, 5) is 14.3. The predicted octanol–water partition coefficient (Wildman–Crippen LogP) is 1.96. The third-order valence-electron chi connectivity index (χ3n) is 4.58. The predicted molar refractivity (Wildman–Crippen MR) is 89.9 cm³/mol. The number of benzene rings is 1. The Morgan fingerprint density at radius 2 is 1.87 bits per heavy atom. The van der Waals surface area contributed by atoms with Gasteiger partial charge in [0.2, 0.25) is 0 Å². The van der Waals surface area contributed by atoms with Crippen molar-refractivity contribution in [1.29, 1.82) is 0 Å². The van der Waals surface area contributed by atoms with Crippen molar-refractivity contribution in [3.8, 4) is 11.3 Å². The highest BCUT2D eigenvalue weighted by Crippen LogP contribution is 2.20. The van der Waals surface area contributed by atoms with Crippen LogP contribution < -0.4 is 5.56 Å². The second kappa shape index (κ2) is 7.06. The van der Waals surface area contributed by atoms with Crippen LogP contribution in [0.5, 0.6) is 0 Å². The molecule has 1 unspecified atom stereocenters. The Labute approximate surface area is 136 Å². The second-order valence-electron chi connectivity index (χ2n) is 6.26. The first-order valence-corrected chi connectivity index (χ1v) is 8.17. The summed E-state index contributed by atoms with van der Waals surface area (Å²) >= 11 is 0. The number of hydrogen-bond donors (Lipinski definition) is 1. The van der Waals surface area contributed by atoms with Crippen molar-refractivity contribution < 1.29 is 5.11 Å². The van der Waals surface area contributed by atoms with Gasteiger partial charge in [-0.15, -0.1) is 0 Å². The fourth-order valence-corrected chi connectivity index (χ4v) is 3.08. The van der Waals surface area contributed by atoms with E-state index in [0.717, 1.165) is 37.2 Å². The summed E-state index contributed by atoms with van der Waals surface area (Å²) in [7, 11) is 0. The first-order chi connectivity index (χ1) is 11.1. The minimum absolute atomic E-state index is 0.0812. The Kier molecular flexibility index (Phi) is 4.88. The lowest BCUT2D eigenvalue weighted by molar-refractivity contribution is 0.0587. The monoisotopic (exact) mass is 313 g/mol. The fourth-order valence-electron chi connectivity index (χ4n) is 3.08. The first kappa shape index (κ1) is 15.9. The van der Waals surface area contributed by atoms with Crippen molar-refractivity contribution in [2.24, 2.45) is 5.92 Å². The van der Waals surface area contributed by atoms with Gasteiger partial charge in [-0.3, -0.25) is 9.69 Å².